The molecule has 29 heavy (non-hydrogen) atoms. The highest BCUT2D eigenvalue weighted by Gasteiger charge is 2.25. The second kappa shape index (κ2) is 7.91. The van der Waals surface area contributed by atoms with Crippen molar-refractivity contribution in [3.8, 4) is 0 Å². The molecule has 0 bridgehead atoms. The van der Waals surface area contributed by atoms with Crippen molar-refractivity contribution in [3.05, 3.63) is 88.2 Å². The summed E-state index contributed by atoms with van der Waals surface area (Å²) in [5, 5.41) is 7.33. The van der Waals surface area contributed by atoms with E-state index in [0.717, 1.165) is 22.4 Å². The fourth-order valence-corrected chi connectivity index (χ4v) is 3.70. The second-order valence-corrected chi connectivity index (χ2v) is 7.52. The number of nitrogens with one attached hydrogen (secondary N) is 1. The Morgan fingerprint density at radius 1 is 1.00 bits per heavy atom. The summed E-state index contributed by atoms with van der Waals surface area (Å²) < 4.78 is 1.82. The fourth-order valence-electron chi connectivity index (χ4n) is 3.70. The first-order valence-corrected chi connectivity index (χ1v) is 9.76. The van der Waals surface area contributed by atoms with E-state index in [2.05, 4.69) is 16.5 Å². The topological polar surface area (TPSA) is 67.2 Å². The van der Waals surface area contributed by atoms with Gasteiger partial charge in [0.2, 0.25) is 0 Å². The van der Waals surface area contributed by atoms with Crippen LogP contribution in [0, 0.1) is 13.8 Å². The number of carbonyl (C=O) groups is 2. The van der Waals surface area contributed by atoms with Gasteiger partial charge in [0.15, 0.2) is 5.69 Å². The van der Waals surface area contributed by atoms with Gasteiger partial charge in [-0.3, -0.25) is 14.3 Å². The van der Waals surface area contributed by atoms with Gasteiger partial charge in [-0.15, -0.1) is 0 Å². The van der Waals surface area contributed by atoms with Crippen LogP contribution in [0.2, 0.25) is 0 Å². The lowest BCUT2D eigenvalue weighted by molar-refractivity contribution is 0.0705. The smallest absolute Gasteiger partial charge is 0.272 e. The molecule has 0 unspecified atom stereocenters. The Morgan fingerprint density at radius 2 is 1.72 bits per heavy atom. The Balaban J connectivity index is 1.44. The van der Waals surface area contributed by atoms with Crippen molar-refractivity contribution < 1.29 is 9.59 Å². The van der Waals surface area contributed by atoms with Crippen molar-refractivity contribution in [1.82, 2.24) is 20.0 Å². The number of aromatic nitrogens is 2. The Kier molecular flexibility index (Phi) is 5.16. The Hall–Kier alpha value is -3.41. The molecule has 3 aromatic rings. The molecule has 0 saturated heterocycles. The minimum atomic E-state index is -0.206. The number of hydrogen-bond acceptors (Lipinski definition) is 3. The van der Waals surface area contributed by atoms with Crippen LogP contribution < -0.4 is 5.32 Å². The average molecular weight is 388 g/mol. The normalized spacial score (nSPS) is 13.1. The van der Waals surface area contributed by atoms with Gasteiger partial charge in [-0.05, 0) is 37.6 Å². The van der Waals surface area contributed by atoms with Gasteiger partial charge in [0.1, 0.15) is 0 Å². The molecule has 0 saturated carbocycles. The van der Waals surface area contributed by atoms with Crippen LogP contribution in [0.5, 0.6) is 0 Å². The third-order valence-electron chi connectivity index (χ3n) is 5.08. The Morgan fingerprint density at radius 3 is 2.45 bits per heavy atom. The molecule has 2 amide bonds. The van der Waals surface area contributed by atoms with Gasteiger partial charge in [0.05, 0.1) is 18.8 Å². The largest absolute Gasteiger partial charge is 0.347 e. The van der Waals surface area contributed by atoms with Crippen LogP contribution >= 0.6 is 0 Å². The third-order valence-corrected chi connectivity index (χ3v) is 5.08. The van der Waals surface area contributed by atoms with E-state index < -0.39 is 0 Å². The maximum Gasteiger partial charge on any atom is 0.272 e. The van der Waals surface area contributed by atoms with E-state index in [1.54, 1.807) is 6.07 Å². The van der Waals surface area contributed by atoms with Gasteiger partial charge in [-0.25, -0.2) is 0 Å². The Bertz CT molecular complexity index is 1040. The van der Waals surface area contributed by atoms with Crippen molar-refractivity contribution in [3.63, 3.8) is 0 Å². The van der Waals surface area contributed by atoms with Crippen LogP contribution in [0.3, 0.4) is 0 Å². The van der Waals surface area contributed by atoms with E-state index in [1.807, 2.05) is 65.9 Å². The van der Waals surface area contributed by atoms with E-state index in [1.165, 1.54) is 0 Å². The molecular weight excluding hydrogens is 364 g/mol. The number of carbonyl (C=O) groups excluding carboxylic acids is 2. The molecule has 1 N–H and O–H groups in total. The minimum absolute atomic E-state index is 0.0133. The van der Waals surface area contributed by atoms with Crippen molar-refractivity contribution in [2.45, 2.75) is 33.5 Å². The van der Waals surface area contributed by atoms with Crippen molar-refractivity contribution in [2.24, 2.45) is 0 Å². The van der Waals surface area contributed by atoms with E-state index in [0.29, 0.717) is 37.4 Å². The van der Waals surface area contributed by atoms with Gasteiger partial charge in [0.25, 0.3) is 11.8 Å². The van der Waals surface area contributed by atoms with Crippen LogP contribution in [0.1, 0.15) is 43.2 Å². The van der Waals surface area contributed by atoms with E-state index >= 15 is 0 Å². The van der Waals surface area contributed by atoms with Gasteiger partial charge >= 0.3 is 0 Å². The molecule has 0 fully saturated rings. The summed E-state index contributed by atoms with van der Waals surface area (Å²) in [6.07, 6.45) is 0. The molecular formula is C23H24N4O2. The third kappa shape index (κ3) is 4.21. The van der Waals surface area contributed by atoms with Gasteiger partial charge < -0.3 is 10.2 Å². The predicted octanol–water partition coefficient (Wildman–Crippen LogP) is 3.09. The highest BCUT2D eigenvalue weighted by molar-refractivity contribution is 5.95. The Labute approximate surface area is 170 Å². The monoisotopic (exact) mass is 388 g/mol. The predicted molar refractivity (Wildman–Crippen MR) is 110 cm³/mol. The van der Waals surface area contributed by atoms with Crippen LogP contribution in [0.15, 0.2) is 54.6 Å². The first-order chi connectivity index (χ1) is 14.0. The standard InChI is InChI=1S/C23H24N4O2/c1-16-10-17(2)12-19(11-16)23(29)26-8-9-27-20(15-26)13-21(25-27)22(28)24-14-18-6-4-3-5-7-18/h3-7,10-13H,8-9,14-15H2,1-2H3,(H,24,28). The summed E-state index contributed by atoms with van der Waals surface area (Å²) in [6, 6.07) is 17.4. The summed E-state index contributed by atoms with van der Waals surface area (Å²) in [4.78, 5) is 27.2. The van der Waals surface area contributed by atoms with Gasteiger partial charge in [-0.1, -0.05) is 47.5 Å². The molecule has 1 aromatic heterocycles. The summed E-state index contributed by atoms with van der Waals surface area (Å²) in [6.45, 7) is 6.05. The number of fused-ring (bicyclic) bond motifs is 1. The lowest BCUT2D eigenvalue weighted by Crippen LogP contribution is -2.38. The van der Waals surface area contributed by atoms with Crippen LogP contribution in [-0.2, 0) is 19.6 Å². The average Bonchev–Trinajstić information content (AvgIpc) is 3.15. The first-order valence-electron chi connectivity index (χ1n) is 9.76. The van der Waals surface area contributed by atoms with Gasteiger partial charge in [0, 0.05) is 18.7 Å². The lowest BCUT2D eigenvalue weighted by Gasteiger charge is -2.28. The number of nitrogens with zero attached hydrogens (tertiary/aromatic N) is 3. The summed E-state index contributed by atoms with van der Waals surface area (Å²) >= 11 is 0. The molecule has 0 radical (unpaired) electrons. The number of aryl methyl sites for hydroxylation is 2. The van der Waals surface area contributed by atoms with Crippen LogP contribution in [0.25, 0.3) is 0 Å². The van der Waals surface area contributed by atoms with Gasteiger partial charge in [-0.2, -0.15) is 5.10 Å². The van der Waals surface area contributed by atoms with Crippen LogP contribution in [0.4, 0.5) is 0 Å². The zero-order chi connectivity index (χ0) is 20.4. The molecule has 0 spiro atoms. The number of rotatable bonds is 4. The summed E-state index contributed by atoms with van der Waals surface area (Å²) in [5.41, 5.74) is 5.15. The fraction of sp³-hybridized carbons (Fsp3) is 0.261. The number of hydrogen-bond donors (Lipinski definition) is 1. The SMILES string of the molecule is Cc1cc(C)cc(C(=O)N2CCn3nc(C(=O)NCc4ccccc4)cc3C2)c1. The quantitative estimate of drug-likeness (QED) is 0.747. The highest BCUT2D eigenvalue weighted by Crippen LogP contribution is 2.18. The molecule has 148 valence electrons. The molecule has 6 heteroatoms. The molecule has 2 heterocycles. The molecule has 0 aliphatic carbocycles. The molecule has 1 aliphatic rings. The molecule has 4 rings (SSSR count). The minimum Gasteiger partial charge on any atom is -0.347 e. The first kappa shape index (κ1) is 18.9. The highest BCUT2D eigenvalue weighted by atomic mass is 16.2. The van der Waals surface area contributed by atoms with Crippen molar-refractivity contribution in [1.29, 1.82) is 0 Å². The summed E-state index contributed by atoms with van der Waals surface area (Å²) in [5.74, 6) is -0.192. The number of benzene rings is 2. The molecule has 2 aromatic carbocycles. The maximum atomic E-state index is 12.9. The second-order valence-electron chi connectivity index (χ2n) is 7.52. The molecule has 0 atom stereocenters. The van der Waals surface area contributed by atoms with Crippen LogP contribution in [-0.4, -0.2) is 33.0 Å². The molecule has 6 nitrogen and oxygen atoms in total. The number of amides is 2. The summed E-state index contributed by atoms with van der Waals surface area (Å²) in [7, 11) is 0. The van der Waals surface area contributed by atoms with E-state index in [-0.39, 0.29) is 11.8 Å². The van der Waals surface area contributed by atoms with E-state index in [4.69, 9.17) is 0 Å². The lowest BCUT2D eigenvalue weighted by atomic mass is 10.1. The molecule has 1 aliphatic heterocycles. The zero-order valence-electron chi connectivity index (χ0n) is 16.7. The maximum absolute atomic E-state index is 12.9. The van der Waals surface area contributed by atoms with E-state index in [9.17, 15) is 9.59 Å². The van der Waals surface area contributed by atoms with Crippen molar-refractivity contribution >= 4 is 11.8 Å². The van der Waals surface area contributed by atoms with Crippen molar-refractivity contribution in [2.75, 3.05) is 6.54 Å². The zero-order valence-corrected chi connectivity index (χ0v) is 16.7.